The molecule has 3 heterocycles. The highest BCUT2D eigenvalue weighted by atomic mass is 35.5. The summed E-state index contributed by atoms with van der Waals surface area (Å²) >= 11 is 7.18. The molecule has 3 aromatic heterocycles. The van der Waals surface area contributed by atoms with Gasteiger partial charge in [0.05, 0.1) is 19.8 Å². The number of pyridine rings is 2. The molecule has 29 heavy (non-hydrogen) atoms. The van der Waals surface area contributed by atoms with Gasteiger partial charge in [-0.25, -0.2) is 9.97 Å². The average molecular weight is 434 g/mol. The number of methoxy groups -OCH3 is 2. The van der Waals surface area contributed by atoms with Crippen LogP contribution in [0.4, 0.5) is 5.13 Å². The van der Waals surface area contributed by atoms with E-state index in [0.29, 0.717) is 33.1 Å². The van der Waals surface area contributed by atoms with Gasteiger partial charge in [-0.15, -0.1) is 5.10 Å². The number of carbonyl (C=O) groups is 1. The van der Waals surface area contributed by atoms with Crippen LogP contribution in [0.3, 0.4) is 0 Å². The second-order valence-electron chi connectivity index (χ2n) is 6.10. The largest absolute Gasteiger partial charge is 0.491 e. The third-order valence-electron chi connectivity index (χ3n) is 4.07. The van der Waals surface area contributed by atoms with E-state index in [-0.39, 0.29) is 16.8 Å². The topological polar surface area (TPSA) is 108 Å². The fourth-order valence-electron chi connectivity index (χ4n) is 2.62. The molecule has 150 valence electrons. The Bertz CT molecular complexity index is 1060. The lowest BCUT2D eigenvalue weighted by Crippen LogP contribution is -2.15. The van der Waals surface area contributed by atoms with Gasteiger partial charge in [-0.2, -0.15) is 0 Å². The van der Waals surface area contributed by atoms with Crippen molar-refractivity contribution in [2.45, 2.75) is 18.9 Å². The molecule has 0 aromatic carbocycles. The van der Waals surface area contributed by atoms with E-state index in [4.69, 9.17) is 25.8 Å². The highest BCUT2D eigenvalue weighted by molar-refractivity contribution is 7.17. The molecule has 1 fully saturated rings. The molecule has 11 heteroatoms. The molecule has 0 unspecified atom stereocenters. The number of ether oxygens (including phenoxy) is 3. The van der Waals surface area contributed by atoms with Crippen molar-refractivity contribution in [3.8, 4) is 28.0 Å². The van der Waals surface area contributed by atoms with Gasteiger partial charge in [-0.1, -0.05) is 16.7 Å². The molecule has 0 atom stereocenters. The van der Waals surface area contributed by atoms with E-state index in [0.717, 1.165) is 24.2 Å². The Morgan fingerprint density at radius 1 is 1.24 bits per heavy atom. The molecule has 1 N–H and O–H groups in total. The number of aromatic nitrogens is 4. The first-order valence-electron chi connectivity index (χ1n) is 8.63. The Labute approximate surface area is 175 Å². The Morgan fingerprint density at radius 2 is 2.07 bits per heavy atom. The summed E-state index contributed by atoms with van der Waals surface area (Å²) in [5, 5.41) is 11.3. The van der Waals surface area contributed by atoms with Crippen LogP contribution in [0.15, 0.2) is 24.5 Å². The molecule has 0 saturated heterocycles. The summed E-state index contributed by atoms with van der Waals surface area (Å²) in [7, 11) is 2.98. The predicted molar refractivity (Wildman–Crippen MR) is 107 cm³/mol. The number of amides is 1. The minimum absolute atomic E-state index is 0.110. The zero-order chi connectivity index (χ0) is 20.4. The number of hydrogen-bond donors (Lipinski definition) is 1. The van der Waals surface area contributed by atoms with Gasteiger partial charge in [-0.05, 0) is 41.9 Å². The van der Waals surface area contributed by atoms with Crippen LogP contribution in [0.2, 0.25) is 5.15 Å². The summed E-state index contributed by atoms with van der Waals surface area (Å²) in [6, 6.07) is 3.38. The fourth-order valence-corrected chi connectivity index (χ4v) is 3.35. The summed E-state index contributed by atoms with van der Waals surface area (Å²) in [4.78, 5) is 21.3. The molecule has 1 aliphatic carbocycles. The second kappa shape index (κ2) is 8.18. The van der Waals surface area contributed by atoms with Gasteiger partial charge in [0.1, 0.15) is 11.3 Å². The van der Waals surface area contributed by atoms with Crippen molar-refractivity contribution < 1.29 is 19.0 Å². The van der Waals surface area contributed by atoms with Crippen molar-refractivity contribution in [3.05, 3.63) is 35.2 Å². The molecule has 3 aromatic rings. The van der Waals surface area contributed by atoms with Gasteiger partial charge in [0.15, 0.2) is 5.75 Å². The maximum Gasteiger partial charge on any atom is 0.295 e. The van der Waals surface area contributed by atoms with Crippen LogP contribution in [0.1, 0.15) is 23.2 Å². The SMILES string of the molecule is COc1nnc(NC(=O)c2cnc(OC3CC3)c(OC)c2-c2ccnc(Cl)c2)s1. The van der Waals surface area contributed by atoms with Crippen molar-refractivity contribution in [2.75, 3.05) is 19.5 Å². The minimum atomic E-state index is -0.435. The molecule has 1 saturated carbocycles. The maximum absolute atomic E-state index is 13.0. The minimum Gasteiger partial charge on any atom is -0.491 e. The zero-order valence-corrected chi connectivity index (χ0v) is 17.1. The molecule has 1 amide bonds. The van der Waals surface area contributed by atoms with Crippen molar-refractivity contribution in [1.82, 2.24) is 20.2 Å². The van der Waals surface area contributed by atoms with Crippen LogP contribution in [0.25, 0.3) is 11.1 Å². The third kappa shape index (κ3) is 4.22. The first-order chi connectivity index (χ1) is 14.1. The van der Waals surface area contributed by atoms with Crippen molar-refractivity contribution in [2.24, 2.45) is 0 Å². The number of hydrogen-bond acceptors (Lipinski definition) is 9. The highest BCUT2D eigenvalue weighted by Crippen LogP contribution is 2.42. The standard InChI is InChI=1S/C18H16ClN5O4S/c1-26-14-13(9-5-6-20-12(19)7-9)11(8-21-16(14)28-10-3-4-10)15(25)22-17-23-24-18(27-2)29-17/h5-8,10H,3-4H2,1-2H3,(H,22,23,25). The smallest absolute Gasteiger partial charge is 0.295 e. The normalized spacial score (nSPS) is 13.1. The fraction of sp³-hybridized carbons (Fsp3) is 0.278. The average Bonchev–Trinajstić information content (AvgIpc) is 3.43. The number of rotatable bonds is 7. The molecule has 0 aliphatic heterocycles. The van der Waals surface area contributed by atoms with Gasteiger partial charge in [0, 0.05) is 18.0 Å². The summed E-state index contributed by atoms with van der Waals surface area (Å²) in [5.74, 6) is 0.240. The van der Waals surface area contributed by atoms with Gasteiger partial charge in [0.25, 0.3) is 17.0 Å². The second-order valence-corrected chi connectivity index (χ2v) is 7.43. The van der Waals surface area contributed by atoms with Crippen LogP contribution in [-0.2, 0) is 0 Å². The summed E-state index contributed by atoms with van der Waals surface area (Å²) in [5.41, 5.74) is 1.41. The van der Waals surface area contributed by atoms with E-state index < -0.39 is 5.91 Å². The number of halogens is 1. The van der Waals surface area contributed by atoms with Crippen LogP contribution in [0.5, 0.6) is 16.8 Å². The third-order valence-corrected chi connectivity index (χ3v) is 5.08. The van der Waals surface area contributed by atoms with E-state index in [1.54, 1.807) is 18.3 Å². The van der Waals surface area contributed by atoms with Gasteiger partial charge in [-0.3, -0.25) is 10.1 Å². The highest BCUT2D eigenvalue weighted by Gasteiger charge is 2.29. The lowest BCUT2D eigenvalue weighted by atomic mass is 10.0. The lowest BCUT2D eigenvalue weighted by Gasteiger charge is -2.16. The van der Waals surface area contributed by atoms with Crippen molar-refractivity contribution >= 4 is 34.0 Å². The molecule has 1 aliphatic rings. The molecular formula is C18H16ClN5O4S. The Hall–Kier alpha value is -2.98. The van der Waals surface area contributed by atoms with Crippen molar-refractivity contribution in [3.63, 3.8) is 0 Å². The zero-order valence-electron chi connectivity index (χ0n) is 15.5. The van der Waals surface area contributed by atoms with Gasteiger partial charge < -0.3 is 14.2 Å². The summed E-state index contributed by atoms with van der Waals surface area (Å²) in [6.07, 6.45) is 5.03. The first kappa shape index (κ1) is 19.3. The van der Waals surface area contributed by atoms with Crippen LogP contribution >= 0.6 is 22.9 Å². The Balaban J connectivity index is 1.78. The first-order valence-corrected chi connectivity index (χ1v) is 9.83. The number of carbonyl (C=O) groups excluding carboxylic acids is 1. The van der Waals surface area contributed by atoms with E-state index in [1.165, 1.54) is 20.4 Å². The molecule has 0 radical (unpaired) electrons. The van der Waals surface area contributed by atoms with Gasteiger partial charge >= 0.3 is 0 Å². The Kier molecular flexibility index (Phi) is 5.45. The number of nitrogens with zero attached hydrogens (tertiary/aromatic N) is 4. The molecule has 0 spiro atoms. The number of nitrogens with one attached hydrogen (secondary N) is 1. The van der Waals surface area contributed by atoms with Crippen LogP contribution < -0.4 is 19.5 Å². The van der Waals surface area contributed by atoms with E-state index in [1.807, 2.05) is 0 Å². The molecular weight excluding hydrogens is 418 g/mol. The monoisotopic (exact) mass is 433 g/mol. The van der Waals surface area contributed by atoms with E-state index in [9.17, 15) is 4.79 Å². The lowest BCUT2D eigenvalue weighted by molar-refractivity contribution is 0.102. The molecule has 0 bridgehead atoms. The summed E-state index contributed by atoms with van der Waals surface area (Å²) in [6.45, 7) is 0. The number of anilines is 1. The predicted octanol–water partition coefficient (Wildman–Crippen LogP) is 3.46. The van der Waals surface area contributed by atoms with E-state index >= 15 is 0 Å². The van der Waals surface area contributed by atoms with Crippen molar-refractivity contribution in [1.29, 1.82) is 0 Å². The Morgan fingerprint density at radius 3 is 2.72 bits per heavy atom. The molecule has 9 nitrogen and oxygen atoms in total. The quantitative estimate of drug-likeness (QED) is 0.564. The van der Waals surface area contributed by atoms with Gasteiger partial charge in [0.2, 0.25) is 5.13 Å². The maximum atomic E-state index is 13.0. The molecule has 4 rings (SSSR count). The van der Waals surface area contributed by atoms with Crippen LogP contribution in [-0.4, -0.2) is 46.4 Å². The van der Waals surface area contributed by atoms with E-state index in [2.05, 4.69) is 25.5 Å². The summed E-state index contributed by atoms with van der Waals surface area (Å²) < 4.78 is 16.4. The van der Waals surface area contributed by atoms with Crippen LogP contribution in [0, 0.1) is 0 Å².